The first kappa shape index (κ1) is 5.21. The van der Waals surface area contributed by atoms with Crippen molar-refractivity contribution < 1.29 is 4.84 Å². The smallest absolute Gasteiger partial charge is 0.0855 e. The van der Waals surface area contributed by atoms with Crippen LogP contribution in [-0.4, -0.2) is 12.5 Å². The summed E-state index contributed by atoms with van der Waals surface area (Å²) in [6, 6.07) is 0. The molecular formula is C2H4ClNO. The van der Waals surface area contributed by atoms with Crippen LogP contribution in [0.5, 0.6) is 0 Å². The Morgan fingerprint density at radius 2 is 2.40 bits per heavy atom. The van der Waals surface area contributed by atoms with Gasteiger partial charge >= 0.3 is 0 Å². The Bertz CT molecular complexity index is 17.1. The Labute approximate surface area is 35.8 Å². The predicted molar refractivity (Wildman–Crippen MR) is 18.8 cm³/mol. The average molecular weight is 93.5 g/mol. The molecule has 0 spiro atoms. The predicted octanol–water partition coefficient (Wildman–Crippen LogP) is 0.225. The van der Waals surface area contributed by atoms with Crippen LogP contribution in [0.25, 0.3) is 0 Å². The molecule has 0 bridgehead atoms. The second kappa shape index (κ2) is 4.21. The first-order valence-electron chi connectivity index (χ1n) is 1.24. The van der Waals surface area contributed by atoms with Gasteiger partial charge in [-0.1, -0.05) is 0 Å². The monoisotopic (exact) mass is 93.0 g/mol. The van der Waals surface area contributed by atoms with Crippen LogP contribution in [0.2, 0.25) is 0 Å². The van der Waals surface area contributed by atoms with E-state index in [1.54, 1.807) is 0 Å². The van der Waals surface area contributed by atoms with Crippen molar-refractivity contribution in [1.29, 1.82) is 0 Å². The first-order valence-corrected chi connectivity index (χ1v) is 1.77. The fourth-order valence-corrected chi connectivity index (χ4v) is 0.104. The van der Waals surface area contributed by atoms with Crippen molar-refractivity contribution in [2.24, 2.45) is 0 Å². The van der Waals surface area contributed by atoms with Gasteiger partial charge in [0.2, 0.25) is 0 Å². The molecule has 0 aliphatic carbocycles. The molecule has 0 unspecified atom stereocenters. The van der Waals surface area contributed by atoms with Crippen LogP contribution in [0.15, 0.2) is 0 Å². The quantitative estimate of drug-likeness (QED) is 0.355. The Balaban J connectivity index is 2.19. The molecule has 0 aliphatic heterocycles. The summed E-state index contributed by atoms with van der Waals surface area (Å²) < 4.78 is 0. The van der Waals surface area contributed by atoms with E-state index in [0.29, 0.717) is 5.88 Å². The molecule has 0 N–H and O–H groups in total. The minimum atomic E-state index is 0.210. The van der Waals surface area contributed by atoms with E-state index in [2.05, 4.69) is 4.84 Å². The highest BCUT2D eigenvalue weighted by Gasteiger charge is 1.71. The summed E-state index contributed by atoms with van der Waals surface area (Å²) in [5, 5.41) is 0. The zero-order valence-corrected chi connectivity index (χ0v) is 3.40. The summed E-state index contributed by atoms with van der Waals surface area (Å²) >= 11 is 5.02. The van der Waals surface area contributed by atoms with Crippen molar-refractivity contribution in [2.45, 2.75) is 0 Å². The number of hydrogen-bond acceptors (Lipinski definition) is 1. The van der Waals surface area contributed by atoms with Crippen molar-refractivity contribution in [1.82, 2.24) is 5.90 Å². The Morgan fingerprint density at radius 3 is 2.40 bits per heavy atom. The lowest BCUT2D eigenvalue weighted by molar-refractivity contribution is 0.133. The molecule has 0 aromatic carbocycles. The Hall–Kier alpha value is 0.210. The first-order chi connectivity index (χ1) is 2.41. The summed E-state index contributed by atoms with van der Waals surface area (Å²) in [5.41, 5.74) is 0. The van der Waals surface area contributed by atoms with E-state index in [-0.39, 0.29) is 6.61 Å². The SMILES string of the molecule is [N]OCCCl. The molecular weight excluding hydrogens is 89.5 g/mol. The number of rotatable bonds is 2. The van der Waals surface area contributed by atoms with E-state index in [1.165, 1.54) is 0 Å². The number of halogens is 1. The van der Waals surface area contributed by atoms with Gasteiger partial charge in [0.25, 0.3) is 0 Å². The van der Waals surface area contributed by atoms with Gasteiger partial charge in [-0.2, -0.15) is 0 Å². The van der Waals surface area contributed by atoms with E-state index in [9.17, 15) is 0 Å². The van der Waals surface area contributed by atoms with Crippen molar-refractivity contribution in [3.8, 4) is 0 Å². The van der Waals surface area contributed by atoms with Crippen molar-refractivity contribution in [3.05, 3.63) is 0 Å². The molecule has 0 aromatic rings. The highest BCUT2D eigenvalue weighted by Crippen LogP contribution is 1.69. The molecule has 0 saturated carbocycles. The Morgan fingerprint density at radius 1 is 1.80 bits per heavy atom. The topological polar surface area (TPSA) is 31.5 Å². The van der Waals surface area contributed by atoms with Crippen LogP contribution in [0, 0.1) is 0 Å². The van der Waals surface area contributed by atoms with E-state index in [1.807, 2.05) is 0 Å². The minimum absolute atomic E-state index is 0.210. The van der Waals surface area contributed by atoms with Gasteiger partial charge in [0.1, 0.15) is 0 Å². The molecule has 0 saturated heterocycles. The average Bonchev–Trinajstić information content (AvgIpc) is 1.41. The van der Waals surface area contributed by atoms with E-state index < -0.39 is 0 Å². The molecule has 0 aliphatic rings. The lowest BCUT2D eigenvalue weighted by Crippen LogP contribution is -1.88. The largest absolute Gasteiger partial charge is 0.262 e. The van der Waals surface area contributed by atoms with Crippen LogP contribution in [0.4, 0.5) is 0 Å². The third kappa shape index (κ3) is 4.21. The number of hydrogen-bond donors (Lipinski definition) is 0. The van der Waals surface area contributed by atoms with Crippen LogP contribution in [-0.2, 0) is 4.84 Å². The van der Waals surface area contributed by atoms with Crippen molar-refractivity contribution >= 4 is 11.6 Å². The molecule has 0 fully saturated rings. The van der Waals surface area contributed by atoms with Crippen LogP contribution >= 0.6 is 11.6 Å². The van der Waals surface area contributed by atoms with Gasteiger partial charge in [-0.25, -0.2) is 0 Å². The molecule has 3 heteroatoms. The van der Waals surface area contributed by atoms with Crippen molar-refractivity contribution in [2.75, 3.05) is 12.5 Å². The van der Waals surface area contributed by atoms with Gasteiger partial charge in [0.15, 0.2) is 0 Å². The normalized spacial score (nSPS) is 8.40. The van der Waals surface area contributed by atoms with E-state index >= 15 is 0 Å². The minimum Gasteiger partial charge on any atom is -0.262 e. The maximum atomic E-state index is 7.48. The van der Waals surface area contributed by atoms with Crippen LogP contribution in [0.3, 0.4) is 0 Å². The fourth-order valence-electron chi connectivity index (χ4n) is 0.0345. The maximum Gasteiger partial charge on any atom is 0.0855 e. The second-order valence-corrected chi connectivity index (χ2v) is 0.900. The summed E-state index contributed by atoms with van der Waals surface area (Å²) in [5.74, 6) is 7.83. The number of nitrogens with zero attached hydrogens (tertiary/aromatic N) is 1. The van der Waals surface area contributed by atoms with Crippen molar-refractivity contribution in [3.63, 3.8) is 0 Å². The van der Waals surface area contributed by atoms with Gasteiger partial charge in [-0.05, 0) is 0 Å². The summed E-state index contributed by atoms with van der Waals surface area (Å²) in [6.07, 6.45) is 0. The van der Waals surface area contributed by atoms with Gasteiger partial charge in [0.05, 0.1) is 6.61 Å². The third-order valence-corrected chi connectivity index (χ3v) is 0.323. The summed E-state index contributed by atoms with van der Waals surface area (Å²) in [6.45, 7) is 0.210. The van der Waals surface area contributed by atoms with Gasteiger partial charge < -0.3 is 0 Å². The third-order valence-electron chi connectivity index (χ3n) is 0.168. The zero-order valence-electron chi connectivity index (χ0n) is 2.65. The fraction of sp³-hybridized carbons (Fsp3) is 1.00. The standard InChI is InChI=1S/C2H4ClNO/c3-1-2-5-4/h1-2H2. The summed E-state index contributed by atoms with van der Waals surface area (Å²) in [4.78, 5) is 3.56. The van der Waals surface area contributed by atoms with E-state index in [4.69, 9.17) is 17.5 Å². The molecule has 0 rings (SSSR count). The molecule has 0 aromatic heterocycles. The number of alkyl halides is 1. The molecule has 0 atom stereocenters. The zero-order chi connectivity index (χ0) is 4.12. The van der Waals surface area contributed by atoms with Crippen LogP contribution < -0.4 is 5.90 Å². The molecule has 30 valence electrons. The van der Waals surface area contributed by atoms with Gasteiger partial charge in [0, 0.05) is 11.8 Å². The molecule has 0 heterocycles. The molecule has 2 radical (unpaired) electrons. The molecule has 2 nitrogen and oxygen atoms in total. The lowest BCUT2D eigenvalue weighted by Gasteiger charge is -1.77. The summed E-state index contributed by atoms with van der Waals surface area (Å²) in [7, 11) is 0. The Kier molecular flexibility index (Phi) is 4.39. The highest BCUT2D eigenvalue weighted by atomic mass is 35.5. The lowest BCUT2D eigenvalue weighted by atomic mass is 10.9. The highest BCUT2D eigenvalue weighted by molar-refractivity contribution is 6.17. The van der Waals surface area contributed by atoms with Crippen LogP contribution in [0.1, 0.15) is 0 Å². The maximum absolute atomic E-state index is 7.48. The molecule has 0 amide bonds. The molecule has 5 heavy (non-hydrogen) atoms. The second-order valence-electron chi connectivity index (χ2n) is 0.522. The van der Waals surface area contributed by atoms with E-state index in [0.717, 1.165) is 0 Å². The van der Waals surface area contributed by atoms with Gasteiger partial charge in [-0.3, -0.25) is 4.84 Å². The van der Waals surface area contributed by atoms with Gasteiger partial charge in [-0.15, -0.1) is 11.6 Å².